The summed E-state index contributed by atoms with van der Waals surface area (Å²) in [6.07, 6.45) is 1.67. The smallest absolute Gasteiger partial charge is 0.221 e. The van der Waals surface area contributed by atoms with Crippen LogP contribution in [-0.2, 0) is 21.3 Å². The summed E-state index contributed by atoms with van der Waals surface area (Å²) >= 11 is 0. The van der Waals surface area contributed by atoms with Gasteiger partial charge in [-0.05, 0) is 17.0 Å². The lowest BCUT2D eigenvalue weighted by atomic mass is 9.98. The predicted molar refractivity (Wildman–Crippen MR) is 72.6 cm³/mol. The Morgan fingerprint density at radius 2 is 2.06 bits per heavy atom. The molecule has 0 heterocycles. The van der Waals surface area contributed by atoms with Crippen LogP contribution in [0.15, 0.2) is 18.2 Å². The second-order valence-corrected chi connectivity index (χ2v) is 5.87. The third-order valence-corrected chi connectivity index (χ3v) is 3.18. The van der Waals surface area contributed by atoms with E-state index in [1.807, 2.05) is 18.2 Å². The summed E-state index contributed by atoms with van der Waals surface area (Å²) in [6.45, 7) is 5.64. The van der Waals surface area contributed by atoms with Crippen LogP contribution in [0.4, 0.5) is 5.69 Å². The molecule has 0 aliphatic carbocycles. The quantitative estimate of drug-likeness (QED) is 0.896. The molecule has 0 bridgehead atoms. The average molecular weight is 253 g/mol. The Hall–Kier alpha value is -1.16. The van der Waals surface area contributed by atoms with Crippen molar-refractivity contribution in [1.29, 1.82) is 0 Å². The Morgan fingerprint density at radius 3 is 2.53 bits per heavy atom. The van der Waals surface area contributed by atoms with Crippen molar-refractivity contribution in [3.8, 4) is 0 Å². The molecule has 0 aromatic heterocycles. The second kappa shape index (κ2) is 5.96. The number of para-hydroxylation sites is 1. The fourth-order valence-electron chi connectivity index (χ4n) is 1.77. The van der Waals surface area contributed by atoms with Gasteiger partial charge in [-0.1, -0.05) is 32.0 Å². The Labute approximate surface area is 105 Å². The van der Waals surface area contributed by atoms with E-state index in [1.54, 1.807) is 6.26 Å². The van der Waals surface area contributed by atoms with Gasteiger partial charge in [-0.25, -0.2) is 0 Å². The summed E-state index contributed by atoms with van der Waals surface area (Å²) in [6, 6.07) is 5.86. The fraction of sp³-hybridized carbons (Fsp3) is 0.462. The van der Waals surface area contributed by atoms with E-state index in [9.17, 15) is 9.00 Å². The van der Waals surface area contributed by atoms with Gasteiger partial charge in [-0.3, -0.25) is 9.00 Å². The standard InChI is InChI=1S/C13H19NO2S/c1-9(2)12-7-5-6-11(8-17(4)16)13(12)14-10(3)15/h5-7,9H,8H2,1-4H3,(H,14,15)/t17-/m0/s1. The van der Waals surface area contributed by atoms with Gasteiger partial charge in [-0.15, -0.1) is 0 Å². The summed E-state index contributed by atoms with van der Waals surface area (Å²) in [5, 5.41) is 2.86. The van der Waals surface area contributed by atoms with Crippen molar-refractivity contribution in [2.75, 3.05) is 11.6 Å². The van der Waals surface area contributed by atoms with Crippen LogP contribution in [0.5, 0.6) is 0 Å². The number of carbonyl (C=O) groups excluding carboxylic acids is 1. The molecule has 1 amide bonds. The van der Waals surface area contributed by atoms with Crippen LogP contribution in [0, 0.1) is 0 Å². The number of carbonyl (C=O) groups is 1. The molecule has 0 saturated heterocycles. The van der Waals surface area contributed by atoms with Crippen molar-refractivity contribution in [2.24, 2.45) is 0 Å². The van der Waals surface area contributed by atoms with Crippen molar-refractivity contribution in [1.82, 2.24) is 0 Å². The summed E-state index contributed by atoms with van der Waals surface area (Å²) in [5.74, 6) is 0.694. The van der Waals surface area contributed by atoms with Gasteiger partial charge in [0.15, 0.2) is 0 Å². The van der Waals surface area contributed by atoms with Gasteiger partial charge in [0, 0.05) is 29.7 Å². The van der Waals surface area contributed by atoms with Crippen LogP contribution < -0.4 is 5.32 Å². The van der Waals surface area contributed by atoms with E-state index in [4.69, 9.17) is 0 Å². The zero-order valence-electron chi connectivity index (χ0n) is 10.7. The lowest BCUT2D eigenvalue weighted by molar-refractivity contribution is -0.114. The van der Waals surface area contributed by atoms with E-state index < -0.39 is 10.8 Å². The number of benzene rings is 1. The lowest BCUT2D eigenvalue weighted by Crippen LogP contribution is -2.12. The highest BCUT2D eigenvalue weighted by Gasteiger charge is 2.13. The summed E-state index contributed by atoms with van der Waals surface area (Å²) in [7, 11) is -0.914. The van der Waals surface area contributed by atoms with E-state index in [1.165, 1.54) is 6.92 Å². The fourth-order valence-corrected chi connectivity index (χ4v) is 2.45. The Morgan fingerprint density at radius 1 is 1.41 bits per heavy atom. The molecule has 17 heavy (non-hydrogen) atoms. The van der Waals surface area contributed by atoms with Crippen LogP contribution in [0.25, 0.3) is 0 Å². The molecule has 1 atom stereocenters. The average Bonchev–Trinajstić information content (AvgIpc) is 2.18. The van der Waals surface area contributed by atoms with Crippen LogP contribution in [0.1, 0.15) is 37.8 Å². The molecule has 1 rings (SSSR count). The molecule has 0 unspecified atom stereocenters. The minimum Gasteiger partial charge on any atom is -0.326 e. The number of amides is 1. The zero-order valence-corrected chi connectivity index (χ0v) is 11.6. The lowest BCUT2D eigenvalue weighted by Gasteiger charge is -2.17. The first-order chi connectivity index (χ1) is 7.91. The van der Waals surface area contributed by atoms with Crippen molar-refractivity contribution in [2.45, 2.75) is 32.4 Å². The Balaban J connectivity index is 3.23. The number of rotatable bonds is 4. The Bertz CT molecular complexity index is 441. The molecule has 1 N–H and O–H groups in total. The van der Waals surface area contributed by atoms with Crippen molar-refractivity contribution in [3.05, 3.63) is 29.3 Å². The molecule has 0 radical (unpaired) electrons. The second-order valence-electron chi connectivity index (χ2n) is 4.43. The molecule has 4 heteroatoms. The van der Waals surface area contributed by atoms with E-state index in [-0.39, 0.29) is 5.91 Å². The van der Waals surface area contributed by atoms with Crippen LogP contribution in [0.3, 0.4) is 0 Å². The molecular weight excluding hydrogens is 234 g/mol. The van der Waals surface area contributed by atoms with Crippen LogP contribution in [-0.4, -0.2) is 16.4 Å². The van der Waals surface area contributed by atoms with E-state index >= 15 is 0 Å². The summed E-state index contributed by atoms with van der Waals surface area (Å²) in [4.78, 5) is 11.2. The highest BCUT2D eigenvalue weighted by Crippen LogP contribution is 2.28. The molecular formula is C13H19NO2S. The van der Waals surface area contributed by atoms with Crippen molar-refractivity contribution in [3.63, 3.8) is 0 Å². The highest BCUT2D eigenvalue weighted by molar-refractivity contribution is 7.83. The number of nitrogens with one attached hydrogen (secondary N) is 1. The van der Waals surface area contributed by atoms with E-state index in [0.29, 0.717) is 11.7 Å². The Kier molecular flexibility index (Phi) is 4.87. The van der Waals surface area contributed by atoms with Crippen molar-refractivity contribution < 1.29 is 9.00 Å². The van der Waals surface area contributed by atoms with E-state index in [2.05, 4.69) is 19.2 Å². The molecule has 0 spiro atoms. The molecule has 0 aliphatic heterocycles. The van der Waals surface area contributed by atoms with Gasteiger partial charge in [0.25, 0.3) is 0 Å². The van der Waals surface area contributed by atoms with Gasteiger partial charge < -0.3 is 5.32 Å². The highest BCUT2D eigenvalue weighted by atomic mass is 32.2. The van der Waals surface area contributed by atoms with Crippen LogP contribution in [0.2, 0.25) is 0 Å². The molecule has 1 aromatic carbocycles. The third-order valence-electron chi connectivity index (χ3n) is 2.46. The minimum absolute atomic E-state index is 0.0961. The first-order valence-corrected chi connectivity index (χ1v) is 7.34. The number of anilines is 1. The predicted octanol–water partition coefficient (Wildman–Crippen LogP) is 2.65. The summed E-state index contributed by atoms with van der Waals surface area (Å²) in [5.41, 5.74) is 2.85. The maximum atomic E-state index is 11.3. The molecule has 1 aromatic rings. The normalized spacial score (nSPS) is 12.5. The van der Waals surface area contributed by atoms with Gasteiger partial charge in [0.05, 0.1) is 5.75 Å². The maximum absolute atomic E-state index is 11.3. The monoisotopic (exact) mass is 253 g/mol. The summed E-state index contributed by atoms with van der Waals surface area (Å²) < 4.78 is 11.3. The van der Waals surface area contributed by atoms with E-state index in [0.717, 1.165) is 16.8 Å². The van der Waals surface area contributed by atoms with Gasteiger partial charge in [-0.2, -0.15) is 0 Å². The van der Waals surface area contributed by atoms with Crippen molar-refractivity contribution >= 4 is 22.4 Å². The molecule has 0 fully saturated rings. The van der Waals surface area contributed by atoms with Gasteiger partial charge in [0.1, 0.15) is 0 Å². The van der Waals surface area contributed by atoms with Gasteiger partial charge in [0.2, 0.25) is 5.91 Å². The molecule has 94 valence electrons. The molecule has 0 aliphatic rings. The topological polar surface area (TPSA) is 46.2 Å². The maximum Gasteiger partial charge on any atom is 0.221 e. The first-order valence-electron chi connectivity index (χ1n) is 5.61. The van der Waals surface area contributed by atoms with Crippen LogP contribution >= 0.6 is 0 Å². The van der Waals surface area contributed by atoms with Gasteiger partial charge >= 0.3 is 0 Å². The third kappa shape index (κ3) is 3.97. The first kappa shape index (κ1) is 13.9. The minimum atomic E-state index is -0.914. The SMILES string of the molecule is CC(=O)Nc1c(C[S@](C)=O)cccc1C(C)C. The zero-order chi connectivity index (χ0) is 13.0. The largest absolute Gasteiger partial charge is 0.326 e. The number of hydrogen-bond acceptors (Lipinski definition) is 2. The molecule has 3 nitrogen and oxygen atoms in total. The number of hydrogen-bond donors (Lipinski definition) is 1. The molecule has 0 saturated carbocycles.